The highest BCUT2D eigenvalue weighted by Crippen LogP contribution is 2.28. The van der Waals surface area contributed by atoms with Crippen molar-refractivity contribution < 1.29 is 4.74 Å². The van der Waals surface area contributed by atoms with Crippen LogP contribution in [0.25, 0.3) is 11.3 Å². The van der Waals surface area contributed by atoms with E-state index >= 15 is 0 Å². The second-order valence-electron chi connectivity index (χ2n) is 4.17. The Morgan fingerprint density at radius 3 is 2.72 bits per heavy atom. The number of benzene rings is 1. The number of pyridine rings is 1. The minimum atomic E-state index is 0.670. The fraction of sp³-hybridized carbons (Fsp3) is 0.267. The molecular weight excluding hydrogens is 224 g/mol. The molecule has 3 nitrogen and oxygen atoms in total. The third kappa shape index (κ3) is 3.00. The van der Waals surface area contributed by atoms with Crippen molar-refractivity contribution >= 4 is 5.69 Å². The number of unbranched alkanes of at least 4 members (excludes halogenated alkanes) is 1. The Balaban J connectivity index is 2.23. The summed E-state index contributed by atoms with van der Waals surface area (Å²) < 4.78 is 5.79. The summed E-state index contributed by atoms with van der Waals surface area (Å²) in [5.74, 6) is 0.878. The number of nitrogens with zero attached hydrogens (tertiary/aromatic N) is 1. The lowest BCUT2D eigenvalue weighted by atomic mass is 10.1. The zero-order chi connectivity index (χ0) is 12.8. The maximum atomic E-state index is 5.79. The maximum absolute atomic E-state index is 5.79. The van der Waals surface area contributed by atoms with Crippen LogP contribution in [-0.2, 0) is 0 Å². The van der Waals surface area contributed by atoms with Crippen molar-refractivity contribution in [1.82, 2.24) is 4.98 Å². The van der Waals surface area contributed by atoms with Crippen LogP contribution in [0.2, 0.25) is 0 Å². The summed E-state index contributed by atoms with van der Waals surface area (Å²) in [6.45, 7) is 2.89. The SMILES string of the molecule is CCCCOc1ccccc1-c1ccc(N)cn1. The van der Waals surface area contributed by atoms with Crippen molar-refractivity contribution in [2.24, 2.45) is 0 Å². The summed E-state index contributed by atoms with van der Waals surface area (Å²) in [5, 5.41) is 0. The fourth-order valence-electron chi connectivity index (χ4n) is 1.70. The highest BCUT2D eigenvalue weighted by atomic mass is 16.5. The first-order chi connectivity index (χ1) is 8.81. The quantitative estimate of drug-likeness (QED) is 0.816. The van der Waals surface area contributed by atoms with Crippen molar-refractivity contribution in [3.63, 3.8) is 0 Å². The highest BCUT2D eigenvalue weighted by Gasteiger charge is 2.06. The summed E-state index contributed by atoms with van der Waals surface area (Å²) >= 11 is 0. The van der Waals surface area contributed by atoms with Crippen molar-refractivity contribution in [1.29, 1.82) is 0 Å². The standard InChI is InChI=1S/C15H18N2O/c1-2-3-10-18-15-7-5-4-6-13(15)14-9-8-12(16)11-17-14/h4-9,11H,2-3,10,16H2,1H3. The minimum absolute atomic E-state index is 0.670. The van der Waals surface area contributed by atoms with Gasteiger partial charge in [-0.15, -0.1) is 0 Å². The number of nitrogens with two attached hydrogens (primary N) is 1. The summed E-state index contributed by atoms with van der Waals surface area (Å²) in [4.78, 5) is 4.33. The van der Waals surface area contributed by atoms with E-state index in [1.807, 2.05) is 36.4 Å². The molecule has 0 saturated carbocycles. The molecule has 0 atom stereocenters. The number of aromatic nitrogens is 1. The molecule has 18 heavy (non-hydrogen) atoms. The molecule has 2 rings (SSSR count). The molecule has 1 heterocycles. The molecule has 0 aliphatic rings. The van der Waals surface area contributed by atoms with E-state index in [1.54, 1.807) is 6.20 Å². The van der Waals surface area contributed by atoms with Crippen LogP contribution in [0.1, 0.15) is 19.8 Å². The molecule has 0 saturated heterocycles. The number of hydrogen-bond acceptors (Lipinski definition) is 3. The first kappa shape index (κ1) is 12.4. The van der Waals surface area contributed by atoms with E-state index in [9.17, 15) is 0 Å². The lowest BCUT2D eigenvalue weighted by molar-refractivity contribution is 0.310. The third-order valence-corrected chi connectivity index (χ3v) is 2.70. The average molecular weight is 242 g/mol. The Morgan fingerprint density at radius 1 is 1.17 bits per heavy atom. The number of para-hydroxylation sites is 1. The first-order valence-electron chi connectivity index (χ1n) is 6.25. The van der Waals surface area contributed by atoms with Crippen LogP contribution >= 0.6 is 0 Å². The molecule has 2 aromatic rings. The third-order valence-electron chi connectivity index (χ3n) is 2.70. The van der Waals surface area contributed by atoms with Gasteiger partial charge in [0.1, 0.15) is 5.75 Å². The number of rotatable bonds is 5. The minimum Gasteiger partial charge on any atom is -0.493 e. The van der Waals surface area contributed by atoms with Gasteiger partial charge in [-0.05, 0) is 30.7 Å². The van der Waals surface area contributed by atoms with Crippen LogP contribution < -0.4 is 10.5 Å². The van der Waals surface area contributed by atoms with Gasteiger partial charge in [-0.3, -0.25) is 4.98 Å². The molecule has 0 unspecified atom stereocenters. The molecule has 0 fully saturated rings. The van der Waals surface area contributed by atoms with Crippen LogP contribution in [-0.4, -0.2) is 11.6 Å². The van der Waals surface area contributed by atoms with Crippen LogP contribution in [0, 0.1) is 0 Å². The molecule has 1 aromatic carbocycles. The van der Waals surface area contributed by atoms with Gasteiger partial charge in [0.15, 0.2) is 0 Å². The van der Waals surface area contributed by atoms with Crippen LogP contribution in [0.5, 0.6) is 5.75 Å². The average Bonchev–Trinajstić information content (AvgIpc) is 2.41. The molecule has 94 valence electrons. The summed E-state index contributed by atoms with van der Waals surface area (Å²) in [5.41, 5.74) is 8.21. The Bertz CT molecular complexity index is 494. The number of nitrogen functional groups attached to an aromatic ring is 1. The van der Waals surface area contributed by atoms with Crippen LogP contribution in [0.3, 0.4) is 0 Å². The number of hydrogen-bond donors (Lipinski definition) is 1. The lowest BCUT2D eigenvalue weighted by Crippen LogP contribution is -1.98. The lowest BCUT2D eigenvalue weighted by Gasteiger charge is -2.10. The Kier molecular flexibility index (Phi) is 4.18. The summed E-state index contributed by atoms with van der Waals surface area (Å²) in [6.07, 6.45) is 3.85. The van der Waals surface area contributed by atoms with E-state index in [2.05, 4.69) is 11.9 Å². The summed E-state index contributed by atoms with van der Waals surface area (Å²) in [6, 6.07) is 11.7. The van der Waals surface area contributed by atoms with Gasteiger partial charge in [-0.2, -0.15) is 0 Å². The monoisotopic (exact) mass is 242 g/mol. The zero-order valence-corrected chi connectivity index (χ0v) is 10.6. The second kappa shape index (κ2) is 6.05. The van der Waals surface area contributed by atoms with Crippen molar-refractivity contribution in [3.8, 4) is 17.0 Å². The summed E-state index contributed by atoms with van der Waals surface area (Å²) in [7, 11) is 0. The number of anilines is 1. The fourth-order valence-corrected chi connectivity index (χ4v) is 1.70. The van der Waals surface area contributed by atoms with Gasteiger partial charge in [0.05, 0.1) is 24.2 Å². The Labute approximate surface area is 108 Å². The van der Waals surface area contributed by atoms with Gasteiger partial charge < -0.3 is 10.5 Å². The molecule has 2 N–H and O–H groups in total. The number of ether oxygens (including phenoxy) is 1. The predicted octanol–water partition coefficient (Wildman–Crippen LogP) is 3.51. The topological polar surface area (TPSA) is 48.1 Å². The largest absolute Gasteiger partial charge is 0.493 e. The Morgan fingerprint density at radius 2 is 2.00 bits per heavy atom. The molecule has 0 spiro atoms. The Hall–Kier alpha value is -2.03. The van der Waals surface area contributed by atoms with E-state index in [-0.39, 0.29) is 0 Å². The van der Waals surface area contributed by atoms with E-state index in [1.165, 1.54) is 0 Å². The van der Waals surface area contributed by atoms with E-state index in [0.29, 0.717) is 5.69 Å². The second-order valence-corrected chi connectivity index (χ2v) is 4.17. The molecule has 0 amide bonds. The van der Waals surface area contributed by atoms with Crippen molar-refractivity contribution in [2.45, 2.75) is 19.8 Å². The van der Waals surface area contributed by atoms with Crippen LogP contribution in [0.15, 0.2) is 42.6 Å². The predicted molar refractivity (Wildman–Crippen MR) is 74.5 cm³/mol. The molecule has 0 aliphatic carbocycles. The first-order valence-corrected chi connectivity index (χ1v) is 6.25. The van der Waals surface area contributed by atoms with Gasteiger partial charge in [0, 0.05) is 5.56 Å². The highest BCUT2D eigenvalue weighted by molar-refractivity contribution is 5.67. The molecule has 0 radical (unpaired) electrons. The van der Waals surface area contributed by atoms with Gasteiger partial charge in [-0.1, -0.05) is 25.5 Å². The molecule has 0 aliphatic heterocycles. The normalized spacial score (nSPS) is 10.3. The van der Waals surface area contributed by atoms with Crippen molar-refractivity contribution in [3.05, 3.63) is 42.6 Å². The van der Waals surface area contributed by atoms with Gasteiger partial charge in [0.25, 0.3) is 0 Å². The molecule has 0 bridgehead atoms. The van der Waals surface area contributed by atoms with Gasteiger partial charge in [-0.25, -0.2) is 0 Å². The zero-order valence-electron chi connectivity index (χ0n) is 10.6. The molecule has 1 aromatic heterocycles. The van der Waals surface area contributed by atoms with Crippen molar-refractivity contribution in [2.75, 3.05) is 12.3 Å². The van der Waals surface area contributed by atoms with Gasteiger partial charge >= 0.3 is 0 Å². The van der Waals surface area contributed by atoms with E-state index in [0.717, 1.165) is 36.5 Å². The van der Waals surface area contributed by atoms with Gasteiger partial charge in [0.2, 0.25) is 0 Å². The van der Waals surface area contributed by atoms with E-state index < -0.39 is 0 Å². The van der Waals surface area contributed by atoms with E-state index in [4.69, 9.17) is 10.5 Å². The van der Waals surface area contributed by atoms with Crippen LogP contribution in [0.4, 0.5) is 5.69 Å². The molecular formula is C15H18N2O. The maximum Gasteiger partial charge on any atom is 0.128 e. The molecule has 3 heteroatoms. The smallest absolute Gasteiger partial charge is 0.128 e.